The van der Waals surface area contributed by atoms with Crippen LogP contribution in [0.4, 0.5) is 0 Å². The van der Waals surface area contributed by atoms with Gasteiger partial charge in [0.15, 0.2) is 0 Å². The van der Waals surface area contributed by atoms with Gasteiger partial charge in [0, 0.05) is 18.0 Å². The summed E-state index contributed by atoms with van der Waals surface area (Å²) >= 11 is 0. The number of aliphatic carboxylic acids is 1. The molecule has 0 radical (unpaired) electrons. The van der Waals surface area contributed by atoms with Crippen molar-refractivity contribution in [1.82, 2.24) is 5.32 Å². The third-order valence-electron chi connectivity index (χ3n) is 2.69. The lowest BCUT2D eigenvalue weighted by Crippen LogP contribution is -2.34. The first-order valence-electron chi connectivity index (χ1n) is 5.37. The zero-order valence-corrected chi connectivity index (χ0v) is 9.14. The highest BCUT2D eigenvalue weighted by Gasteiger charge is 2.25. The Hall–Kier alpha value is -1.55. The van der Waals surface area contributed by atoms with E-state index in [0.29, 0.717) is 0 Å². The largest absolute Gasteiger partial charge is 0.490 e. The Morgan fingerprint density at radius 3 is 3.06 bits per heavy atom. The summed E-state index contributed by atoms with van der Waals surface area (Å²) < 4.78 is 5.68. The van der Waals surface area contributed by atoms with Crippen LogP contribution in [-0.2, 0) is 4.79 Å². The molecule has 0 bridgehead atoms. The van der Waals surface area contributed by atoms with E-state index in [1.807, 2.05) is 31.2 Å². The lowest BCUT2D eigenvalue weighted by Gasteiger charge is -2.30. The Bertz CT molecular complexity index is 392. The zero-order valence-electron chi connectivity index (χ0n) is 9.14. The molecule has 0 spiro atoms. The number of carboxylic acids is 1. The number of benzene rings is 1. The lowest BCUT2D eigenvalue weighted by molar-refractivity contribution is -0.136. The van der Waals surface area contributed by atoms with Crippen LogP contribution in [0.5, 0.6) is 5.75 Å². The van der Waals surface area contributed by atoms with Gasteiger partial charge in [-0.15, -0.1) is 0 Å². The minimum absolute atomic E-state index is 0.0221. The molecule has 86 valence electrons. The molecule has 4 heteroatoms. The first kappa shape index (κ1) is 11.0. The van der Waals surface area contributed by atoms with Crippen molar-refractivity contribution in [3.05, 3.63) is 29.8 Å². The Labute approximate surface area is 94.2 Å². The van der Waals surface area contributed by atoms with Gasteiger partial charge >= 0.3 is 5.97 Å². The summed E-state index contributed by atoms with van der Waals surface area (Å²) in [5.41, 5.74) is 1.04. The second kappa shape index (κ2) is 4.53. The highest BCUT2D eigenvalue weighted by atomic mass is 16.5. The van der Waals surface area contributed by atoms with E-state index in [1.165, 1.54) is 0 Å². The molecule has 2 rings (SSSR count). The predicted molar refractivity (Wildman–Crippen MR) is 59.5 cm³/mol. The predicted octanol–water partition coefficient (Wildman–Crippen LogP) is 1.57. The van der Waals surface area contributed by atoms with Crippen LogP contribution in [0.2, 0.25) is 0 Å². The first-order chi connectivity index (χ1) is 7.66. The third kappa shape index (κ3) is 2.33. The van der Waals surface area contributed by atoms with Crippen LogP contribution in [0, 0.1) is 0 Å². The Morgan fingerprint density at radius 1 is 1.56 bits per heavy atom. The van der Waals surface area contributed by atoms with Gasteiger partial charge in [0.2, 0.25) is 0 Å². The second-order valence-electron chi connectivity index (χ2n) is 4.03. The van der Waals surface area contributed by atoms with Crippen LogP contribution >= 0.6 is 0 Å². The number of para-hydroxylation sites is 1. The summed E-state index contributed by atoms with van der Waals surface area (Å²) in [5.74, 6) is 0.0146. The number of hydrogen-bond acceptors (Lipinski definition) is 3. The van der Waals surface area contributed by atoms with E-state index in [-0.39, 0.29) is 18.7 Å². The highest BCUT2D eigenvalue weighted by molar-refractivity contribution is 5.69. The second-order valence-corrected chi connectivity index (χ2v) is 4.03. The number of ether oxygens (including phenoxy) is 1. The molecule has 16 heavy (non-hydrogen) atoms. The summed E-state index contributed by atoms with van der Waals surface area (Å²) in [6.45, 7) is 1.97. The quantitative estimate of drug-likeness (QED) is 0.813. The van der Waals surface area contributed by atoms with Crippen molar-refractivity contribution < 1.29 is 14.6 Å². The average molecular weight is 221 g/mol. The van der Waals surface area contributed by atoms with Crippen molar-refractivity contribution in [2.75, 3.05) is 6.54 Å². The fourth-order valence-corrected chi connectivity index (χ4v) is 2.00. The molecule has 2 N–H and O–H groups in total. The highest BCUT2D eigenvalue weighted by Crippen LogP contribution is 2.34. The van der Waals surface area contributed by atoms with Gasteiger partial charge in [-0.3, -0.25) is 10.1 Å². The summed E-state index contributed by atoms with van der Waals surface area (Å²) in [6, 6.07) is 7.82. The van der Waals surface area contributed by atoms with Crippen molar-refractivity contribution in [2.45, 2.75) is 25.5 Å². The molecular weight excluding hydrogens is 206 g/mol. The number of carbonyl (C=O) groups is 1. The first-order valence-corrected chi connectivity index (χ1v) is 5.37. The fourth-order valence-electron chi connectivity index (χ4n) is 2.00. The van der Waals surface area contributed by atoms with Crippen LogP contribution in [0.3, 0.4) is 0 Å². The van der Waals surface area contributed by atoms with Crippen molar-refractivity contribution >= 4 is 5.97 Å². The smallest absolute Gasteiger partial charge is 0.317 e. The van der Waals surface area contributed by atoms with E-state index in [1.54, 1.807) is 0 Å². The van der Waals surface area contributed by atoms with E-state index >= 15 is 0 Å². The molecule has 1 aromatic carbocycles. The molecule has 0 amide bonds. The van der Waals surface area contributed by atoms with E-state index in [2.05, 4.69) is 5.32 Å². The van der Waals surface area contributed by atoms with Gasteiger partial charge in [-0.2, -0.15) is 0 Å². The van der Waals surface area contributed by atoms with Crippen molar-refractivity contribution in [3.63, 3.8) is 0 Å². The maximum absolute atomic E-state index is 10.5. The van der Waals surface area contributed by atoms with E-state index in [9.17, 15) is 4.79 Å². The van der Waals surface area contributed by atoms with Gasteiger partial charge in [-0.05, 0) is 13.0 Å². The fraction of sp³-hybridized carbons (Fsp3) is 0.417. The SMILES string of the molecule is C[C@H]1C[C@H](NCC(=O)O)c2ccccc2O1. The maximum atomic E-state index is 10.5. The van der Waals surface area contributed by atoms with Crippen LogP contribution in [0.25, 0.3) is 0 Å². The molecular formula is C12H15NO3. The normalized spacial score (nSPS) is 23.3. The van der Waals surface area contributed by atoms with Gasteiger partial charge in [0.1, 0.15) is 5.75 Å². The van der Waals surface area contributed by atoms with Crippen LogP contribution in [0.1, 0.15) is 24.9 Å². The van der Waals surface area contributed by atoms with Gasteiger partial charge in [-0.25, -0.2) is 0 Å². The van der Waals surface area contributed by atoms with Crippen molar-refractivity contribution in [2.24, 2.45) is 0 Å². The molecule has 0 unspecified atom stereocenters. The topological polar surface area (TPSA) is 58.6 Å². The third-order valence-corrected chi connectivity index (χ3v) is 2.69. The molecule has 0 aliphatic carbocycles. The molecule has 1 aromatic rings. The number of carboxylic acid groups (broad SMARTS) is 1. The monoisotopic (exact) mass is 221 g/mol. The molecule has 1 heterocycles. The average Bonchev–Trinajstić information content (AvgIpc) is 2.25. The molecule has 0 saturated carbocycles. The van der Waals surface area contributed by atoms with Crippen LogP contribution in [-0.4, -0.2) is 23.7 Å². The molecule has 2 atom stereocenters. The lowest BCUT2D eigenvalue weighted by atomic mass is 9.97. The number of hydrogen-bond donors (Lipinski definition) is 2. The van der Waals surface area contributed by atoms with Crippen molar-refractivity contribution in [1.29, 1.82) is 0 Å². The van der Waals surface area contributed by atoms with Gasteiger partial charge in [0.05, 0.1) is 12.6 Å². The summed E-state index contributed by atoms with van der Waals surface area (Å²) in [7, 11) is 0. The Morgan fingerprint density at radius 2 is 2.31 bits per heavy atom. The molecule has 0 fully saturated rings. The molecule has 1 aliphatic heterocycles. The number of rotatable bonds is 3. The summed E-state index contributed by atoms with van der Waals surface area (Å²) in [5, 5.41) is 11.7. The summed E-state index contributed by atoms with van der Waals surface area (Å²) in [4.78, 5) is 10.5. The Balaban J connectivity index is 2.16. The molecule has 1 aliphatic rings. The van der Waals surface area contributed by atoms with E-state index < -0.39 is 5.97 Å². The number of fused-ring (bicyclic) bond motifs is 1. The number of nitrogens with one attached hydrogen (secondary N) is 1. The van der Waals surface area contributed by atoms with Crippen LogP contribution < -0.4 is 10.1 Å². The van der Waals surface area contributed by atoms with E-state index in [4.69, 9.17) is 9.84 Å². The molecule has 0 aromatic heterocycles. The van der Waals surface area contributed by atoms with Gasteiger partial charge < -0.3 is 9.84 Å². The summed E-state index contributed by atoms with van der Waals surface area (Å²) in [6.07, 6.45) is 0.908. The molecule has 4 nitrogen and oxygen atoms in total. The van der Waals surface area contributed by atoms with Crippen molar-refractivity contribution in [3.8, 4) is 5.75 Å². The maximum Gasteiger partial charge on any atom is 0.317 e. The minimum Gasteiger partial charge on any atom is -0.490 e. The van der Waals surface area contributed by atoms with Gasteiger partial charge in [0.25, 0.3) is 0 Å². The van der Waals surface area contributed by atoms with Crippen LogP contribution in [0.15, 0.2) is 24.3 Å². The van der Waals surface area contributed by atoms with Gasteiger partial charge in [-0.1, -0.05) is 18.2 Å². The molecule has 0 saturated heterocycles. The van der Waals surface area contributed by atoms with E-state index in [0.717, 1.165) is 17.7 Å². The minimum atomic E-state index is -0.836. The zero-order chi connectivity index (χ0) is 11.5. The standard InChI is InChI=1S/C12H15NO3/c1-8-6-10(13-7-12(14)15)9-4-2-3-5-11(9)16-8/h2-5,8,10,13H,6-7H2,1H3,(H,14,15)/t8-,10-/m0/s1. The Kier molecular flexibility index (Phi) is 3.10.